The molecule has 2 unspecified atom stereocenters. The SMILES string of the molecule is COc1ccc(C2CC(c3ccccc3OC)=NN2C(=O)CN2CCCCC2C)c(OC)c1. The first-order valence-electron chi connectivity index (χ1n) is 11.5. The van der Waals surface area contributed by atoms with E-state index >= 15 is 0 Å². The molecule has 0 aliphatic carbocycles. The van der Waals surface area contributed by atoms with Crippen molar-refractivity contribution in [2.75, 3.05) is 34.4 Å². The molecular weight excluding hydrogens is 418 g/mol. The third-order valence-electron chi connectivity index (χ3n) is 6.66. The highest BCUT2D eigenvalue weighted by Gasteiger charge is 2.36. The number of nitrogens with zero attached hydrogens (tertiary/aromatic N) is 3. The summed E-state index contributed by atoms with van der Waals surface area (Å²) in [5.74, 6) is 2.13. The van der Waals surface area contributed by atoms with Gasteiger partial charge in [0, 0.05) is 29.7 Å². The molecule has 33 heavy (non-hydrogen) atoms. The van der Waals surface area contributed by atoms with Gasteiger partial charge in [0.05, 0.1) is 39.6 Å². The molecule has 176 valence electrons. The number of carbonyl (C=O) groups is 1. The molecule has 0 spiro atoms. The predicted octanol–water partition coefficient (Wildman–Crippen LogP) is 4.26. The van der Waals surface area contributed by atoms with Crippen LogP contribution < -0.4 is 14.2 Å². The van der Waals surface area contributed by atoms with Crippen LogP contribution in [0.1, 0.15) is 49.8 Å². The molecule has 2 aromatic rings. The van der Waals surface area contributed by atoms with E-state index in [1.54, 1.807) is 26.3 Å². The average Bonchev–Trinajstić information content (AvgIpc) is 3.30. The van der Waals surface area contributed by atoms with E-state index in [4.69, 9.17) is 19.3 Å². The molecule has 7 nitrogen and oxygen atoms in total. The first-order valence-corrected chi connectivity index (χ1v) is 11.5. The third-order valence-corrected chi connectivity index (χ3v) is 6.66. The lowest BCUT2D eigenvalue weighted by atomic mass is 9.97. The zero-order valence-corrected chi connectivity index (χ0v) is 19.9. The number of carbonyl (C=O) groups excluding carboxylic acids is 1. The van der Waals surface area contributed by atoms with Crippen LogP contribution in [0.2, 0.25) is 0 Å². The topological polar surface area (TPSA) is 63.6 Å². The Bertz CT molecular complexity index is 1020. The van der Waals surface area contributed by atoms with Crippen LogP contribution in [0, 0.1) is 0 Å². The molecule has 1 amide bonds. The molecule has 4 rings (SSSR count). The summed E-state index contributed by atoms with van der Waals surface area (Å²) in [7, 11) is 4.91. The maximum atomic E-state index is 13.6. The molecule has 2 aromatic carbocycles. The second-order valence-electron chi connectivity index (χ2n) is 8.63. The van der Waals surface area contributed by atoms with Crippen molar-refractivity contribution in [1.82, 2.24) is 9.91 Å². The highest BCUT2D eigenvalue weighted by molar-refractivity contribution is 6.05. The van der Waals surface area contributed by atoms with E-state index in [9.17, 15) is 4.79 Å². The van der Waals surface area contributed by atoms with Gasteiger partial charge in [-0.05, 0) is 50.6 Å². The van der Waals surface area contributed by atoms with Gasteiger partial charge in [-0.25, -0.2) is 5.01 Å². The first-order chi connectivity index (χ1) is 16.0. The van der Waals surface area contributed by atoms with Crippen molar-refractivity contribution in [1.29, 1.82) is 0 Å². The maximum absolute atomic E-state index is 13.6. The molecule has 0 radical (unpaired) electrons. The predicted molar refractivity (Wildman–Crippen MR) is 128 cm³/mol. The fourth-order valence-electron chi connectivity index (χ4n) is 4.76. The largest absolute Gasteiger partial charge is 0.497 e. The van der Waals surface area contributed by atoms with Gasteiger partial charge in [0.25, 0.3) is 5.91 Å². The smallest absolute Gasteiger partial charge is 0.257 e. The van der Waals surface area contributed by atoms with Crippen LogP contribution >= 0.6 is 0 Å². The number of methoxy groups -OCH3 is 3. The Labute approximate surface area is 195 Å². The number of rotatable bonds is 7. The van der Waals surface area contributed by atoms with Crippen LogP contribution in [0.5, 0.6) is 17.2 Å². The molecular formula is C26H33N3O4. The average molecular weight is 452 g/mol. The van der Waals surface area contributed by atoms with Crippen molar-refractivity contribution >= 4 is 11.6 Å². The number of ether oxygens (including phenoxy) is 3. The summed E-state index contributed by atoms with van der Waals surface area (Å²) in [6.07, 6.45) is 4.05. The Hall–Kier alpha value is -3.06. The lowest BCUT2D eigenvalue weighted by molar-refractivity contribution is -0.135. The third kappa shape index (κ3) is 4.83. The summed E-state index contributed by atoms with van der Waals surface area (Å²) in [6.45, 7) is 3.50. The molecule has 2 aliphatic heterocycles. The fraction of sp³-hybridized carbons (Fsp3) is 0.462. The molecule has 1 fully saturated rings. The standard InChI is InChI=1S/C26H33N3O4/c1-18-9-7-8-14-28(18)17-26(30)29-23(21-13-12-19(31-2)15-25(21)33-4)16-22(27-29)20-10-5-6-11-24(20)32-3/h5-6,10-13,15,18,23H,7-9,14,16-17H2,1-4H3. The number of benzene rings is 2. The van der Waals surface area contributed by atoms with Gasteiger partial charge in [0.15, 0.2) is 0 Å². The normalized spacial score (nSPS) is 21.0. The van der Waals surface area contributed by atoms with Gasteiger partial charge in [0.1, 0.15) is 17.2 Å². The van der Waals surface area contributed by atoms with Crippen molar-refractivity contribution < 1.29 is 19.0 Å². The molecule has 0 saturated carbocycles. The van der Waals surface area contributed by atoms with Crippen molar-refractivity contribution in [3.8, 4) is 17.2 Å². The number of likely N-dealkylation sites (tertiary alicyclic amines) is 1. The Kier molecular flexibility index (Phi) is 7.18. The van der Waals surface area contributed by atoms with Crippen LogP contribution in [-0.4, -0.2) is 62.0 Å². The van der Waals surface area contributed by atoms with Crippen molar-refractivity contribution in [3.05, 3.63) is 53.6 Å². The van der Waals surface area contributed by atoms with Gasteiger partial charge in [-0.3, -0.25) is 9.69 Å². The van der Waals surface area contributed by atoms with Crippen molar-refractivity contribution in [2.45, 2.75) is 44.7 Å². The van der Waals surface area contributed by atoms with E-state index in [1.807, 2.05) is 42.5 Å². The van der Waals surface area contributed by atoms with Crippen molar-refractivity contribution in [3.63, 3.8) is 0 Å². The molecule has 1 saturated heterocycles. The van der Waals surface area contributed by atoms with Gasteiger partial charge in [-0.15, -0.1) is 0 Å². The summed E-state index contributed by atoms with van der Waals surface area (Å²) in [5.41, 5.74) is 2.64. The van der Waals surface area contributed by atoms with Crippen LogP contribution in [0.25, 0.3) is 0 Å². The number of piperidine rings is 1. The summed E-state index contributed by atoms with van der Waals surface area (Å²) in [5, 5.41) is 6.49. The van der Waals surface area contributed by atoms with Gasteiger partial charge in [0.2, 0.25) is 0 Å². The van der Waals surface area contributed by atoms with Crippen molar-refractivity contribution in [2.24, 2.45) is 5.10 Å². The Balaban J connectivity index is 1.69. The Morgan fingerprint density at radius 2 is 1.82 bits per heavy atom. The van der Waals surface area contributed by atoms with E-state index in [1.165, 1.54) is 6.42 Å². The first kappa shape index (κ1) is 23.1. The van der Waals surface area contributed by atoms with Gasteiger partial charge in [-0.1, -0.05) is 18.6 Å². The quantitative estimate of drug-likeness (QED) is 0.629. The molecule has 2 aliphatic rings. The molecule has 2 atom stereocenters. The monoisotopic (exact) mass is 451 g/mol. The number of hydrogen-bond donors (Lipinski definition) is 0. The van der Waals surface area contributed by atoms with Gasteiger partial charge >= 0.3 is 0 Å². The number of para-hydroxylation sites is 1. The highest BCUT2D eigenvalue weighted by atomic mass is 16.5. The van der Waals surface area contributed by atoms with Crippen LogP contribution in [-0.2, 0) is 4.79 Å². The zero-order chi connectivity index (χ0) is 23.4. The molecule has 0 N–H and O–H groups in total. The van der Waals surface area contributed by atoms with E-state index < -0.39 is 0 Å². The van der Waals surface area contributed by atoms with E-state index in [0.717, 1.165) is 42.0 Å². The number of hydrogen-bond acceptors (Lipinski definition) is 6. The Morgan fingerprint density at radius 3 is 2.55 bits per heavy atom. The van der Waals surface area contributed by atoms with Crippen LogP contribution in [0.15, 0.2) is 47.6 Å². The van der Waals surface area contributed by atoms with Gasteiger partial charge < -0.3 is 14.2 Å². The number of amides is 1. The minimum Gasteiger partial charge on any atom is -0.497 e. The molecule has 0 aromatic heterocycles. The fourth-order valence-corrected chi connectivity index (χ4v) is 4.76. The van der Waals surface area contributed by atoms with E-state index in [2.05, 4.69) is 11.8 Å². The summed E-state index contributed by atoms with van der Waals surface area (Å²) < 4.78 is 16.6. The molecule has 0 bridgehead atoms. The zero-order valence-electron chi connectivity index (χ0n) is 19.9. The second-order valence-corrected chi connectivity index (χ2v) is 8.63. The minimum atomic E-state index is -0.265. The minimum absolute atomic E-state index is 0.00322. The number of hydrazone groups is 1. The van der Waals surface area contributed by atoms with E-state index in [0.29, 0.717) is 30.5 Å². The highest BCUT2D eigenvalue weighted by Crippen LogP contribution is 2.40. The molecule has 7 heteroatoms. The lowest BCUT2D eigenvalue weighted by Gasteiger charge is -2.34. The lowest BCUT2D eigenvalue weighted by Crippen LogP contribution is -2.44. The summed E-state index contributed by atoms with van der Waals surface area (Å²) in [4.78, 5) is 15.8. The van der Waals surface area contributed by atoms with Crippen LogP contribution in [0.4, 0.5) is 0 Å². The van der Waals surface area contributed by atoms with Crippen LogP contribution in [0.3, 0.4) is 0 Å². The second kappa shape index (κ2) is 10.3. The van der Waals surface area contributed by atoms with E-state index in [-0.39, 0.29) is 11.9 Å². The summed E-state index contributed by atoms with van der Waals surface area (Å²) in [6, 6.07) is 13.6. The maximum Gasteiger partial charge on any atom is 0.257 e. The summed E-state index contributed by atoms with van der Waals surface area (Å²) >= 11 is 0. The molecule has 2 heterocycles. The van der Waals surface area contributed by atoms with Gasteiger partial charge in [-0.2, -0.15) is 5.10 Å². The Morgan fingerprint density at radius 1 is 1.03 bits per heavy atom.